The second-order valence-corrected chi connectivity index (χ2v) is 4.78. The quantitative estimate of drug-likeness (QED) is 0.493. The molecule has 0 bridgehead atoms. The average Bonchev–Trinajstić information content (AvgIpc) is 2.36. The second-order valence-electron chi connectivity index (χ2n) is 4.78. The molecule has 0 radical (unpaired) electrons. The monoisotopic (exact) mass is 234 g/mol. The van der Waals surface area contributed by atoms with Crippen LogP contribution in [0.2, 0.25) is 0 Å². The molecule has 0 spiro atoms. The summed E-state index contributed by atoms with van der Waals surface area (Å²) in [6.45, 7) is 7.53. The summed E-state index contributed by atoms with van der Waals surface area (Å²) in [4.78, 5) is 0. The van der Waals surface area contributed by atoms with Gasteiger partial charge in [0.05, 0.1) is 12.1 Å². The minimum Gasteiger partial charge on any atom is -0.196 e. The lowest BCUT2D eigenvalue weighted by Crippen LogP contribution is -2.23. The molecule has 0 aliphatic carbocycles. The van der Waals surface area contributed by atoms with Gasteiger partial charge >= 0.3 is 0 Å². The predicted octanol–water partition coefficient (Wildman–Crippen LogP) is 3.99. The molecule has 0 saturated heterocycles. The third-order valence-electron chi connectivity index (χ3n) is 2.93. The smallest absolute Gasteiger partial charge is 0.164 e. The molecule has 2 atom stereocenters. The van der Waals surface area contributed by atoms with Crippen molar-refractivity contribution in [3.63, 3.8) is 0 Å². The van der Waals surface area contributed by atoms with E-state index in [1.54, 1.807) is 13.8 Å². The van der Waals surface area contributed by atoms with E-state index in [1.807, 2.05) is 6.92 Å². The van der Waals surface area contributed by atoms with Gasteiger partial charge in [0, 0.05) is 0 Å². The Morgan fingerprint density at radius 1 is 0.941 bits per heavy atom. The van der Waals surface area contributed by atoms with Gasteiger partial charge in [0.25, 0.3) is 0 Å². The number of nitriles is 2. The third kappa shape index (κ3) is 5.45. The van der Waals surface area contributed by atoms with Gasteiger partial charge in [-0.1, -0.05) is 26.7 Å². The van der Waals surface area contributed by atoms with Gasteiger partial charge in [-0.2, -0.15) is 20.8 Å². The number of unbranched alkanes of at least 4 members (excludes halogenated alkanes) is 2. The van der Waals surface area contributed by atoms with Crippen LogP contribution in [0.4, 0.5) is 0 Å². The van der Waals surface area contributed by atoms with Crippen molar-refractivity contribution in [3.05, 3.63) is 0 Å². The van der Waals surface area contributed by atoms with Crippen LogP contribution in [0.1, 0.15) is 59.8 Å². The van der Waals surface area contributed by atoms with Gasteiger partial charge in [0.1, 0.15) is 0 Å². The zero-order valence-corrected chi connectivity index (χ0v) is 11.3. The second kappa shape index (κ2) is 7.01. The highest BCUT2D eigenvalue weighted by Gasteiger charge is 2.26. The summed E-state index contributed by atoms with van der Waals surface area (Å²) in [5.74, 6) is 0. The maximum absolute atomic E-state index is 9.14. The summed E-state index contributed by atoms with van der Waals surface area (Å²) in [5, 5.41) is 26.3. The van der Waals surface area contributed by atoms with Gasteiger partial charge in [-0.25, -0.2) is 0 Å². The molecule has 0 heterocycles. The summed E-state index contributed by atoms with van der Waals surface area (Å²) in [6, 6.07) is 4.31. The van der Waals surface area contributed by atoms with Crippen LogP contribution in [0.5, 0.6) is 0 Å². The molecule has 4 nitrogen and oxygen atoms in total. The summed E-state index contributed by atoms with van der Waals surface area (Å²) in [7, 11) is 0. The molecular formula is C13H22N4. The lowest BCUT2D eigenvalue weighted by atomic mass is 9.97. The molecule has 0 aromatic carbocycles. The van der Waals surface area contributed by atoms with Gasteiger partial charge in [-0.05, 0) is 33.1 Å². The number of nitrogens with zero attached hydrogens (tertiary/aromatic N) is 4. The zero-order valence-electron chi connectivity index (χ0n) is 11.3. The van der Waals surface area contributed by atoms with E-state index in [1.165, 1.54) is 0 Å². The number of rotatable bonds is 7. The minimum absolute atomic E-state index is 0.601. The molecule has 0 aliphatic heterocycles. The van der Waals surface area contributed by atoms with E-state index in [-0.39, 0.29) is 0 Å². The Morgan fingerprint density at radius 2 is 1.47 bits per heavy atom. The Bertz CT molecular complexity index is 336. The fourth-order valence-electron chi connectivity index (χ4n) is 1.24. The van der Waals surface area contributed by atoms with Gasteiger partial charge in [0.2, 0.25) is 0 Å². The minimum atomic E-state index is -0.803. The van der Waals surface area contributed by atoms with Gasteiger partial charge < -0.3 is 0 Å². The van der Waals surface area contributed by atoms with Crippen LogP contribution in [0, 0.1) is 22.7 Å². The highest BCUT2D eigenvalue weighted by atomic mass is 15.2. The van der Waals surface area contributed by atoms with Crippen molar-refractivity contribution in [1.29, 1.82) is 10.5 Å². The molecule has 0 N–H and O–H groups in total. The lowest BCUT2D eigenvalue weighted by Gasteiger charge is -2.18. The van der Waals surface area contributed by atoms with E-state index >= 15 is 0 Å². The van der Waals surface area contributed by atoms with Crippen LogP contribution in [0.3, 0.4) is 0 Å². The first-order valence-corrected chi connectivity index (χ1v) is 6.22. The molecule has 0 rings (SSSR count). The van der Waals surface area contributed by atoms with E-state index in [4.69, 9.17) is 10.5 Å². The first-order chi connectivity index (χ1) is 7.95. The van der Waals surface area contributed by atoms with Crippen molar-refractivity contribution in [2.75, 3.05) is 0 Å². The summed E-state index contributed by atoms with van der Waals surface area (Å²) in [6.07, 6.45) is 4.48. The predicted molar refractivity (Wildman–Crippen MR) is 67.3 cm³/mol. The standard InChI is InChI=1S/C13H22N4/c1-5-7-8-9-13(4,11-15)17-16-12(3,6-2)10-14/h5-9H2,1-4H3/b17-16+. The van der Waals surface area contributed by atoms with Gasteiger partial charge in [-0.15, -0.1) is 0 Å². The van der Waals surface area contributed by atoms with Crippen LogP contribution in [-0.4, -0.2) is 11.1 Å². The van der Waals surface area contributed by atoms with E-state index in [0.717, 1.165) is 19.3 Å². The number of hydrogen-bond acceptors (Lipinski definition) is 4. The van der Waals surface area contributed by atoms with Crippen LogP contribution in [-0.2, 0) is 0 Å². The maximum Gasteiger partial charge on any atom is 0.164 e. The molecule has 0 aromatic rings. The Balaban J connectivity index is 4.64. The van der Waals surface area contributed by atoms with Crippen molar-refractivity contribution < 1.29 is 0 Å². The topological polar surface area (TPSA) is 72.3 Å². The fraction of sp³-hybridized carbons (Fsp3) is 0.846. The summed E-state index contributed by atoms with van der Waals surface area (Å²) < 4.78 is 0. The van der Waals surface area contributed by atoms with E-state index in [0.29, 0.717) is 12.8 Å². The number of azo groups is 1. The van der Waals surface area contributed by atoms with Crippen LogP contribution in [0.25, 0.3) is 0 Å². The van der Waals surface area contributed by atoms with Crippen LogP contribution >= 0.6 is 0 Å². The molecule has 0 aliphatic rings. The summed E-state index contributed by atoms with van der Waals surface area (Å²) in [5.41, 5.74) is -1.59. The van der Waals surface area contributed by atoms with E-state index < -0.39 is 11.1 Å². The lowest BCUT2D eigenvalue weighted by molar-refractivity contribution is 0.445. The van der Waals surface area contributed by atoms with Gasteiger partial charge in [0.15, 0.2) is 11.1 Å². The van der Waals surface area contributed by atoms with E-state index in [2.05, 4.69) is 29.3 Å². The third-order valence-corrected chi connectivity index (χ3v) is 2.93. The normalized spacial score (nSPS) is 18.0. The molecule has 0 amide bonds. The Labute approximate surface area is 104 Å². The Kier molecular flexibility index (Phi) is 6.43. The zero-order chi connectivity index (χ0) is 13.4. The highest BCUT2D eigenvalue weighted by Crippen LogP contribution is 2.22. The highest BCUT2D eigenvalue weighted by molar-refractivity contribution is 5.06. The molecule has 17 heavy (non-hydrogen) atoms. The first-order valence-electron chi connectivity index (χ1n) is 6.22. The van der Waals surface area contributed by atoms with Gasteiger partial charge in [-0.3, -0.25) is 0 Å². The van der Waals surface area contributed by atoms with E-state index in [9.17, 15) is 0 Å². The SMILES string of the molecule is CCCCCC(C)(C#N)/N=N/C(C)(C#N)CC. The Hall–Kier alpha value is -1.42. The molecule has 0 saturated carbocycles. The molecule has 94 valence electrons. The van der Waals surface area contributed by atoms with Crippen molar-refractivity contribution in [3.8, 4) is 12.1 Å². The first kappa shape index (κ1) is 15.6. The van der Waals surface area contributed by atoms with Crippen molar-refractivity contribution in [2.24, 2.45) is 10.2 Å². The molecule has 0 fully saturated rings. The Morgan fingerprint density at radius 3 is 1.88 bits per heavy atom. The molecule has 0 aromatic heterocycles. The summed E-state index contributed by atoms with van der Waals surface area (Å²) >= 11 is 0. The maximum atomic E-state index is 9.14. The molecular weight excluding hydrogens is 212 g/mol. The fourth-order valence-corrected chi connectivity index (χ4v) is 1.24. The number of hydrogen-bond donors (Lipinski definition) is 0. The van der Waals surface area contributed by atoms with Crippen molar-refractivity contribution >= 4 is 0 Å². The van der Waals surface area contributed by atoms with Crippen LogP contribution < -0.4 is 0 Å². The largest absolute Gasteiger partial charge is 0.196 e. The van der Waals surface area contributed by atoms with Crippen molar-refractivity contribution in [2.45, 2.75) is 70.9 Å². The van der Waals surface area contributed by atoms with Crippen LogP contribution in [0.15, 0.2) is 10.2 Å². The molecule has 2 unspecified atom stereocenters. The molecule has 4 heteroatoms. The van der Waals surface area contributed by atoms with Crippen molar-refractivity contribution in [1.82, 2.24) is 0 Å². The average molecular weight is 234 g/mol.